The lowest BCUT2D eigenvalue weighted by Gasteiger charge is -1.81. The summed E-state index contributed by atoms with van der Waals surface area (Å²) < 4.78 is 1.17. The van der Waals surface area contributed by atoms with Gasteiger partial charge in [0.15, 0.2) is 0 Å². The first-order valence-corrected chi connectivity index (χ1v) is 3.45. The number of rotatable bonds is 0. The highest BCUT2D eigenvalue weighted by molar-refractivity contribution is 8.00. The summed E-state index contributed by atoms with van der Waals surface area (Å²) in [5, 5.41) is 0. The summed E-state index contributed by atoms with van der Waals surface area (Å²) in [7, 11) is 0. The van der Waals surface area contributed by atoms with Gasteiger partial charge in [-0.1, -0.05) is 13.8 Å². The number of hydrogen-bond acceptors (Lipinski definition) is 4. The first-order valence-electron chi connectivity index (χ1n) is 1.82. The second-order valence-electron chi connectivity index (χ2n) is 0.983. The van der Waals surface area contributed by atoms with Crippen molar-refractivity contribution in [1.29, 1.82) is 0 Å². The predicted octanol–water partition coefficient (Wildman–Crippen LogP) is 2.51. The minimum absolute atomic E-state index is 0. The minimum atomic E-state index is 0. The Bertz CT molecular complexity index is 73.3. The van der Waals surface area contributed by atoms with E-state index in [0.29, 0.717) is 8.39 Å². The molecule has 0 saturated heterocycles. The molecule has 0 atom stereocenters. The van der Waals surface area contributed by atoms with Gasteiger partial charge < -0.3 is 62.0 Å². The molecule has 0 aromatic carbocycles. The highest BCUT2D eigenvalue weighted by Gasteiger charge is 1.38. The van der Waals surface area contributed by atoms with Gasteiger partial charge in [0.1, 0.15) is 0 Å². The second-order valence-corrected chi connectivity index (χ2v) is 3.95. The summed E-state index contributed by atoms with van der Waals surface area (Å²) in [6, 6.07) is 0. The standard InChI is InChI=1S/2C2H4S2.2H3N/c2*1-2(3)4;;/h2*1H3,(H,3,4);2*1H3. The van der Waals surface area contributed by atoms with Crippen molar-refractivity contribution in [2.24, 2.45) is 0 Å². The van der Waals surface area contributed by atoms with Crippen LogP contribution in [0.4, 0.5) is 0 Å². The Morgan fingerprint density at radius 3 is 0.900 bits per heavy atom. The summed E-state index contributed by atoms with van der Waals surface area (Å²) in [5.74, 6) is 0. The minimum Gasteiger partial charge on any atom is -0.433 e. The lowest BCUT2D eigenvalue weighted by molar-refractivity contribution is 2.12. The van der Waals surface area contributed by atoms with E-state index in [1.807, 2.05) is 0 Å². The maximum Gasteiger partial charge on any atom is -0.0583 e. The first-order chi connectivity index (χ1) is 3.46. The van der Waals surface area contributed by atoms with Gasteiger partial charge in [0, 0.05) is 0 Å². The van der Waals surface area contributed by atoms with Gasteiger partial charge in [-0.05, 0) is 0 Å². The first kappa shape index (κ1) is 22.4. The van der Waals surface area contributed by atoms with E-state index >= 15 is 0 Å². The summed E-state index contributed by atoms with van der Waals surface area (Å²) in [4.78, 5) is 0. The van der Waals surface area contributed by atoms with Gasteiger partial charge >= 0.3 is 0 Å². The Morgan fingerprint density at radius 1 is 0.900 bits per heavy atom. The zero-order valence-corrected chi connectivity index (χ0v) is 9.90. The number of hydrogen-bond donors (Lipinski definition) is 2. The fourth-order valence-corrected chi connectivity index (χ4v) is 0. The fraction of sp³-hybridized carbons (Fsp3) is 0.500. The van der Waals surface area contributed by atoms with E-state index in [0.717, 1.165) is 0 Å². The fourth-order valence-electron chi connectivity index (χ4n) is 0. The molecule has 8 N–H and O–H groups in total. The van der Waals surface area contributed by atoms with Crippen LogP contribution < -0.4 is 12.3 Å². The summed E-state index contributed by atoms with van der Waals surface area (Å²) >= 11 is 17.4. The third-order valence-corrected chi connectivity index (χ3v) is 0. The van der Waals surface area contributed by atoms with Crippen molar-refractivity contribution >= 4 is 58.1 Å². The van der Waals surface area contributed by atoms with Crippen LogP contribution in [0.25, 0.3) is 0 Å². The maximum atomic E-state index is 4.35. The average molecular weight is 218 g/mol. The molecule has 0 saturated carbocycles. The summed E-state index contributed by atoms with van der Waals surface area (Å²) in [6.07, 6.45) is 0. The highest BCUT2D eigenvalue weighted by atomic mass is 32.1. The van der Waals surface area contributed by atoms with Gasteiger partial charge in [0.25, 0.3) is 0 Å². The molecule has 6 heteroatoms. The maximum absolute atomic E-state index is 4.35. The second kappa shape index (κ2) is 16.3. The van der Waals surface area contributed by atoms with Crippen LogP contribution in [-0.4, -0.2) is 8.39 Å². The quantitative estimate of drug-likeness (QED) is 0.484. The Kier molecular flexibility index (Phi) is 36.5. The van der Waals surface area contributed by atoms with Crippen molar-refractivity contribution in [1.82, 2.24) is 12.3 Å². The lowest BCUT2D eigenvalue weighted by atomic mass is 11.0. The van der Waals surface area contributed by atoms with Crippen LogP contribution >= 0.6 is 24.4 Å². The monoisotopic (exact) mass is 218 g/mol. The van der Waals surface area contributed by atoms with Crippen LogP contribution in [-0.2, 0) is 25.3 Å². The molecule has 0 aliphatic heterocycles. The molecule has 0 unspecified atom stereocenters. The van der Waals surface area contributed by atoms with Crippen molar-refractivity contribution in [2.75, 3.05) is 0 Å². The van der Waals surface area contributed by atoms with Gasteiger partial charge in [-0.2, -0.15) is 8.39 Å². The molecule has 0 aliphatic carbocycles. The van der Waals surface area contributed by atoms with Gasteiger partial charge in [0.05, 0.1) is 0 Å². The topological polar surface area (TPSA) is 73.0 Å². The van der Waals surface area contributed by atoms with Crippen molar-refractivity contribution < 1.29 is 0 Å². The Balaban J connectivity index is -0.0000000300. The smallest absolute Gasteiger partial charge is 0.0583 e. The average Bonchev–Trinajstić information content (AvgIpc) is 1.25. The van der Waals surface area contributed by atoms with Crippen LogP contribution in [0, 0.1) is 0 Å². The van der Waals surface area contributed by atoms with E-state index in [1.54, 1.807) is 13.8 Å². The molecule has 2 nitrogen and oxygen atoms in total. The molecule has 0 amide bonds. The van der Waals surface area contributed by atoms with E-state index in [9.17, 15) is 0 Å². The zero-order valence-electron chi connectivity index (χ0n) is 6.63. The van der Waals surface area contributed by atoms with Gasteiger partial charge in [0.2, 0.25) is 0 Å². The van der Waals surface area contributed by atoms with E-state index < -0.39 is 0 Å². The Morgan fingerprint density at radius 2 is 0.900 bits per heavy atom. The molecule has 64 valence electrons. The lowest BCUT2D eigenvalue weighted by Crippen LogP contribution is -1.66. The Labute approximate surface area is 84.1 Å². The third-order valence-electron chi connectivity index (χ3n) is 0. The van der Waals surface area contributed by atoms with E-state index in [1.165, 1.54) is 0 Å². The van der Waals surface area contributed by atoms with Gasteiger partial charge in [-0.3, -0.25) is 0 Å². The molecule has 0 spiro atoms. The molecule has 0 aliphatic rings. The van der Waals surface area contributed by atoms with Crippen molar-refractivity contribution in [3.05, 3.63) is 0 Å². The van der Waals surface area contributed by atoms with Crippen LogP contribution in [0.2, 0.25) is 0 Å². The van der Waals surface area contributed by atoms with Crippen molar-refractivity contribution in [3.63, 3.8) is 0 Å². The van der Waals surface area contributed by atoms with E-state index in [2.05, 4.69) is 49.7 Å². The molecular weight excluding hydrogens is 204 g/mol. The third kappa shape index (κ3) is 1660. The van der Waals surface area contributed by atoms with Crippen LogP contribution in [0.15, 0.2) is 0 Å². The SMILES string of the molecule is CC(=S)[S-].CC(=S)[S-].[NH4+].[NH4+]. The largest absolute Gasteiger partial charge is 0.433 e. The summed E-state index contributed by atoms with van der Waals surface area (Å²) in [5.41, 5.74) is 0. The number of quaternary nitrogens is 2. The van der Waals surface area contributed by atoms with E-state index in [-0.39, 0.29) is 12.3 Å². The molecule has 0 bridgehead atoms. The number of thiocarbonyl (C=S) groups is 2. The van der Waals surface area contributed by atoms with Crippen molar-refractivity contribution in [2.45, 2.75) is 13.8 Å². The van der Waals surface area contributed by atoms with Crippen molar-refractivity contribution in [3.8, 4) is 0 Å². The molecular formula is C4H14N2S4. The van der Waals surface area contributed by atoms with E-state index in [4.69, 9.17) is 0 Å². The van der Waals surface area contributed by atoms with Gasteiger partial charge in [-0.25, -0.2) is 0 Å². The van der Waals surface area contributed by atoms with Crippen LogP contribution in [0.5, 0.6) is 0 Å². The zero-order chi connectivity index (χ0) is 7.15. The summed E-state index contributed by atoms with van der Waals surface area (Å²) in [6.45, 7) is 3.43. The molecule has 0 radical (unpaired) electrons. The molecule has 0 rings (SSSR count). The molecule has 0 aromatic rings. The molecule has 0 heterocycles. The molecule has 0 fully saturated rings. The molecule has 0 aromatic heterocycles. The highest BCUT2D eigenvalue weighted by Crippen LogP contribution is 1.59. The van der Waals surface area contributed by atoms with Crippen LogP contribution in [0.1, 0.15) is 13.8 Å². The van der Waals surface area contributed by atoms with Crippen LogP contribution in [0.3, 0.4) is 0 Å². The molecule has 10 heavy (non-hydrogen) atoms. The predicted molar refractivity (Wildman–Crippen MR) is 63.2 cm³/mol. The normalized spacial score (nSPS) is 5.00. The Hall–Kier alpha value is 0.540. The van der Waals surface area contributed by atoms with Gasteiger partial charge in [-0.15, -0.1) is 0 Å².